The van der Waals surface area contributed by atoms with Crippen LogP contribution in [0.1, 0.15) is 20.7 Å². The van der Waals surface area contributed by atoms with Gasteiger partial charge in [-0.05, 0) is 42.5 Å². The summed E-state index contributed by atoms with van der Waals surface area (Å²) >= 11 is 0. The summed E-state index contributed by atoms with van der Waals surface area (Å²) in [5.41, 5.74) is 7.30. The van der Waals surface area contributed by atoms with Crippen molar-refractivity contribution >= 4 is 23.2 Å². The van der Waals surface area contributed by atoms with Crippen LogP contribution in [0.3, 0.4) is 0 Å². The molecule has 5 nitrogen and oxygen atoms in total. The maximum absolute atomic E-state index is 13.2. The van der Waals surface area contributed by atoms with Crippen molar-refractivity contribution in [1.29, 1.82) is 0 Å². The molecule has 1 aliphatic rings. The number of para-hydroxylation sites is 4. The molecule has 5 heteroatoms. The fraction of sp³-hybridized carbons (Fsp3) is 0. The zero-order valence-electron chi connectivity index (χ0n) is 13.2. The van der Waals surface area contributed by atoms with Crippen LogP contribution in [0, 0.1) is 0 Å². The molecule has 0 saturated heterocycles. The zero-order chi connectivity index (χ0) is 17.4. The molecule has 25 heavy (non-hydrogen) atoms. The van der Waals surface area contributed by atoms with E-state index in [1.54, 1.807) is 23.1 Å². The summed E-state index contributed by atoms with van der Waals surface area (Å²) in [4.78, 5) is 26.2. The molecule has 0 unspecified atom stereocenters. The van der Waals surface area contributed by atoms with Crippen LogP contribution >= 0.6 is 0 Å². The van der Waals surface area contributed by atoms with Crippen LogP contribution in [0.2, 0.25) is 0 Å². The van der Waals surface area contributed by atoms with E-state index in [-0.39, 0.29) is 5.91 Å². The van der Waals surface area contributed by atoms with Crippen molar-refractivity contribution in [3.8, 4) is 11.5 Å². The minimum atomic E-state index is -0.572. The lowest BCUT2D eigenvalue weighted by Gasteiger charge is -2.31. The van der Waals surface area contributed by atoms with Gasteiger partial charge >= 0.3 is 0 Å². The van der Waals surface area contributed by atoms with Gasteiger partial charge in [-0.15, -0.1) is 0 Å². The maximum atomic E-state index is 13.2. The number of fused-ring (bicyclic) bond motifs is 2. The highest BCUT2D eigenvalue weighted by Crippen LogP contribution is 2.46. The van der Waals surface area contributed by atoms with E-state index in [2.05, 4.69) is 0 Å². The lowest BCUT2D eigenvalue weighted by atomic mass is 10.1. The van der Waals surface area contributed by atoms with Crippen LogP contribution in [-0.2, 0) is 0 Å². The first-order chi connectivity index (χ1) is 12.1. The third-order valence-electron chi connectivity index (χ3n) is 4.03. The van der Waals surface area contributed by atoms with E-state index in [1.807, 2.05) is 48.5 Å². The number of primary amides is 1. The number of anilines is 2. The van der Waals surface area contributed by atoms with Gasteiger partial charge in [-0.2, -0.15) is 0 Å². The fourth-order valence-electron chi connectivity index (χ4n) is 2.86. The predicted molar refractivity (Wildman–Crippen MR) is 94.4 cm³/mol. The summed E-state index contributed by atoms with van der Waals surface area (Å²) < 4.78 is 5.89. The van der Waals surface area contributed by atoms with Gasteiger partial charge in [0.05, 0.1) is 11.4 Å². The van der Waals surface area contributed by atoms with Gasteiger partial charge in [-0.1, -0.05) is 30.3 Å². The molecule has 3 aromatic rings. The highest BCUT2D eigenvalue weighted by Gasteiger charge is 2.29. The Morgan fingerprint density at radius 3 is 1.92 bits per heavy atom. The lowest BCUT2D eigenvalue weighted by Crippen LogP contribution is -2.29. The van der Waals surface area contributed by atoms with Gasteiger partial charge in [-0.25, -0.2) is 0 Å². The predicted octanol–water partition coefficient (Wildman–Crippen LogP) is 3.87. The third-order valence-corrected chi connectivity index (χ3v) is 4.03. The van der Waals surface area contributed by atoms with Crippen LogP contribution in [0.15, 0.2) is 72.8 Å². The van der Waals surface area contributed by atoms with Crippen molar-refractivity contribution in [2.45, 2.75) is 0 Å². The average Bonchev–Trinajstić information content (AvgIpc) is 2.65. The number of nitrogens with zero attached hydrogens (tertiary/aromatic N) is 1. The van der Waals surface area contributed by atoms with Crippen LogP contribution in [-0.4, -0.2) is 11.8 Å². The van der Waals surface area contributed by atoms with Crippen molar-refractivity contribution in [3.05, 3.63) is 83.9 Å². The van der Waals surface area contributed by atoms with E-state index in [0.29, 0.717) is 34.0 Å². The van der Waals surface area contributed by atoms with Crippen LogP contribution in [0.5, 0.6) is 11.5 Å². The number of rotatable bonds is 2. The monoisotopic (exact) mass is 330 g/mol. The maximum Gasteiger partial charge on any atom is 0.263 e. The summed E-state index contributed by atoms with van der Waals surface area (Å²) in [6, 6.07) is 21.0. The average molecular weight is 330 g/mol. The summed E-state index contributed by atoms with van der Waals surface area (Å²) in [6.45, 7) is 0. The molecule has 0 aliphatic carbocycles. The number of hydrogen-bond acceptors (Lipinski definition) is 3. The van der Waals surface area contributed by atoms with Crippen molar-refractivity contribution < 1.29 is 14.3 Å². The van der Waals surface area contributed by atoms with Crippen LogP contribution in [0.25, 0.3) is 0 Å². The molecular weight excluding hydrogens is 316 g/mol. The quantitative estimate of drug-likeness (QED) is 0.775. The molecule has 1 aliphatic heterocycles. The highest BCUT2D eigenvalue weighted by molar-refractivity contribution is 6.13. The Balaban J connectivity index is 1.86. The molecule has 4 rings (SSSR count). The molecule has 0 spiro atoms. The Morgan fingerprint density at radius 1 is 0.760 bits per heavy atom. The lowest BCUT2D eigenvalue weighted by molar-refractivity contribution is 0.0997. The Bertz CT molecular complexity index is 952. The van der Waals surface area contributed by atoms with Gasteiger partial charge in [0.1, 0.15) is 0 Å². The second-order valence-electron chi connectivity index (χ2n) is 5.62. The number of carbonyl (C=O) groups is 2. The van der Waals surface area contributed by atoms with E-state index in [0.717, 1.165) is 0 Å². The normalized spacial score (nSPS) is 11.9. The number of ether oxygens (including phenoxy) is 1. The Morgan fingerprint density at radius 2 is 1.32 bits per heavy atom. The molecule has 3 aromatic carbocycles. The Labute approximate surface area is 144 Å². The SMILES string of the molecule is NC(=O)c1cccc(C(=O)N2c3ccccc3Oc3ccccc32)c1. The largest absolute Gasteiger partial charge is 0.453 e. The number of carbonyl (C=O) groups excluding carboxylic acids is 2. The van der Waals surface area contributed by atoms with Gasteiger partial charge in [0.25, 0.3) is 5.91 Å². The van der Waals surface area contributed by atoms with Gasteiger partial charge in [0.2, 0.25) is 5.91 Å². The molecule has 0 bridgehead atoms. The minimum Gasteiger partial charge on any atom is -0.453 e. The fourth-order valence-corrected chi connectivity index (χ4v) is 2.86. The van der Waals surface area contributed by atoms with Crippen LogP contribution in [0.4, 0.5) is 11.4 Å². The molecule has 122 valence electrons. The zero-order valence-corrected chi connectivity index (χ0v) is 13.2. The summed E-state index contributed by atoms with van der Waals surface area (Å²) in [5, 5.41) is 0. The second-order valence-corrected chi connectivity index (χ2v) is 5.62. The summed E-state index contributed by atoms with van der Waals surface area (Å²) in [5.74, 6) is 0.366. The minimum absolute atomic E-state index is 0.258. The van der Waals surface area contributed by atoms with Crippen molar-refractivity contribution in [3.63, 3.8) is 0 Å². The standard InChI is InChI=1S/C20H14N2O3/c21-19(23)13-6-5-7-14(12-13)20(24)22-15-8-1-3-10-17(15)25-18-11-4-2-9-16(18)22/h1-12H,(H2,21,23). The first-order valence-corrected chi connectivity index (χ1v) is 7.75. The first kappa shape index (κ1) is 15.0. The van der Waals surface area contributed by atoms with E-state index >= 15 is 0 Å². The summed E-state index contributed by atoms with van der Waals surface area (Å²) in [6.07, 6.45) is 0. The number of benzene rings is 3. The molecule has 0 radical (unpaired) electrons. The van der Waals surface area contributed by atoms with Gasteiger partial charge in [0, 0.05) is 11.1 Å². The smallest absolute Gasteiger partial charge is 0.263 e. The van der Waals surface area contributed by atoms with E-state index in [4.69, 9.17) is 10.5 Å². The van der Waals surface area contributed by atoms with Gasteiger partial charge in [-0.3, -0.25) is 14.5 Å². The number of hydrogen-bond donors (Lipinski definition) is 1. The van der Waals surface area contributed by atoms with Crippen LogP contribution < -0.4 is 15.4 Å². The van der Waals surface area contributed by atoms with Crippen molar-refractivity contribution in [2.75, 3.05) is 4.90 Å². The Kier molecular flexibility index (Phi) is 3.47. The molecule has 0 atom stereocenters. The number of amides is 2. The molecule has 2 amide bonds. The number of nitrogens with two attached hydrogens (primary N) is 1. The van der Waals surface area contributed by atoms with Gasteiger partial charge in [0.15, 0.2) is 11.5 Å². The van der Waals surface area contributed by atoms with E-state index in [9.17, 15) is 9.59 Å². The summed E-state index contributed by atoms with van der Waals surface area (Å²) in [7, 11) is 0. The molecule has 1 heterocycles. The van der Waals surface area contributed by atoms with Crippen molar-refractivity contribution in [2.24, 2.45) is 5.73 Å². The molecular formula is C20H14N2O3. The van der Waals surface area contributed by atoms with Crippen molar-refractivity contribution in [1.82, 2.24) is 0 Å². The van der Waals surface area contributed by atoms with E-state index in [1.165, 1.54) is 6.07 Å². The Hall–Kier alpha value is -3.60. The second kappa shape index (κ2) is 5.79. The topological polar surface area (TPSA) is 72.6 Å². The van der Waals surface area contributed by atoms with E-state index < -0.39 is 5.91 Å². The molecule has 0 saturated carbocycles. The first-order valence-electron chi connectivity index (χ1n) is 7.75. The van der Waals surface area contributed by atoms with Gasteiger partial charge < -0.3 is 10.5 Å². The highest BCUT2D eigenvalue weighted by atomic mass is 16.5. The molecule has 0 aromatic heterocycles. The third kappa shape index (κ3) is 2.52. The molecule has 2 N–H and O–H groups in total. The molecule has 0 fully saturated rings.